The van der Waals surface area contributed by atoms with E-state index in [0.717, 1.165) is 70.1 Å². The van der Waals surface area contributed by atoms with Crippen molar-refractivity contribution in [1.29, 1.82) is 0 Å². The van der Waals surface area contributed by atoms with Crippen LogP contribution in [0, 0.1) is 0 Å². The van der Waals surface area contributed by atoms with Crippen molar-refractivity contribution in [2.24, 2.45) is 4.99 Å². The second-order valence-corrected chi connectivity index (χ2v) is 7.99. The molecule has 3 heterocycles. The van der Waals surface area contributed by atoms with Gasteiger partial charge in [-0.25, -0.2) is 9.98 Å². The van der Waals surface area contributed by atoms with Crippen LogP contribution in [0.5, 0.6) is 5.88 Å². The Morgan fingerprint density at radius 2 is 2.13 bits per heavy atom. The molecule has 0 aromatic carbocycles. The molecule has 2 aliphatic heterocycles. The monoisotopic (exact) mass is 418 g/mol. The summed E-state index contributed by atoms with van der Waals surface area (Å²) in [6.45, 7) is 9.81. The van der Waals surface area contributed by atoms with Crippen molar-refractivity contribution >= 4 is 5.96 Å². The first-order valence-corrected chi connectivity index (χ1v) is 11.6. The van der Waals surface area contributed by atoms with Crippen molar-refractivity contribution in [2.75, 3.05) is 39.5 Å². The summed E-state index contributed by atoms with van der Waals surface area (Å²) in [5.41, 5.74) is 1.02. The molecular formula is C23H38N4O3. The molecule has 3 rings (SSSR count). The van der Waals surface area contributed by atoms with Gasteiger partial charge in [-0.05, 0) is 51.5 Å². The lowest BCUT2D eigenvalue weighted by molar-refractivity contribution is -0.0721. The lowest BCUT2D eigenvalue weighted by Gasteiger charge is -2.35. The van der Waals surface area contributed by atoms with Crippen molar-refractivity contribution < 1.29 is 14.2 Å². The summed E-state index contributed by atoms with van der Waals surface area (Å²) < 4.78 is 17.7. The molecule has 0 spiro atoms. The largest absolute Gasteiger partial charge is 0.477 e. The molecule has 0 aliphatic carbocycles. The van der Waals surface area contributed by atoms with E-state index in [-0.39, 0.29) is 0 Å². The van der Waals surface area contributed by atoms with Gasteiger partial charge >= 0.3 is 0 Å². The molecular weight excluding hydrogens is 380 g/mol. The second-order valence-electron chi connectivity index (χ2n) is 7.99. The van der Waals surface area contributed by atoms with Crippen molar-refractivity contribution in [3.8, 4) is 5.88 Å². The third-order valence-electron chi connectivity index (χ3n) is 5.56. The minimum Gasteiger partial charge on any atom is -0.477 e. The average molecular weight is 419 g/mol. The number of hydrogen-bond donors (Lipinski definition) is 1. The minimum absolute atomic E-state index is 0.291. The second kappa shape index (κ2) is 12.7. The molecule has 0 bridgehead atoms. The van der Waals surface area contributed by atoms with Crippen molar-refractivity contribution in [1.82, 2.24) is 15.2 Å². The first kappa shape index (κ1) is 22.8. The molecule has 1 aromatic heterocycles. The highest BCUT2D eigenvalue weighted by Crippen LogP contribution is 2.19. The number of aliphatic imine (C=N–C) groups is 1. The summed E-state index contributed by atoms with van der Waals surface area (Å²) in [5, 5.41) is 3.44. The molecule has 0 amide bonds. The summed E-state index contributed by atoms with van der Waals surface area (Å²) >= 11 is 0. The van der Waals surface area contributed by atoms with Gasteiger partial charge in [0.15, 0.2) is 5.96 Å². The van der Waals surface area contributed by atoms with E-state index in [0.29, 0.717) is 31.2 Å². The number of piperidine rings is 1. The van der Waals surface area contributed by atoms with Crippen LogP contribution in [0.15, 0.2) is 23.3 Å². The normalized spacial score (nSPS) is 20.9. The zero-order chi connectivity index (χ0) is 21.0. The Hall–Kier alpha value is -1.86. The standard InChI is InChI=1S/C23H38N4O3/c1-3-15-29-22-19(8-7-12-25-22)17-26-23(24-4-2)27-13-10-20(11-14-27)30-18-21-9-5-6-16-28-21/h7-8,12,20-21H,3-6,9-11,13-18H2,1-2H3,(H,24,26). The molecule has 7 nitrogen and oxygen atoms in total. The van der Waals surface area contributed by atoms with E-state index in [1.54, 1.807) is 6.20 Å². The van der Waals surface area contributed by atoms with Crippen LogP contribution in [0.1, 0.15) is 57.9 Å². The highest BCUT2D eigenvalue weighted by molar-refractivity contribution is 5.80. The Labute approximate surface area is 181 Å². The summed E-state index contributed by atoms with van der Waals surface area (Å²) in [4.78, 5) is 11.6. The molecule has 2 aliphatic rings. The number of nitrogens with one attached hydrogen (secondary N) is 1. The molecule has 2 saturated heterocycles. The SMILES string of the molecule is CCCOc1ncccc1CN=C(NCC)N1CCC(OCC2CCCCO2)CC1. The van der Waals surface area contributed by atoms with E-state index >= 15 is 0 Å². The Morgan fingerprint density at radius 1 is 1.27 bits per heavy atom. The van der Waals surface area contributed by atoms with Gasteiger partial charge in [0.2, 0.25) is 5.88 Å². The molecule has 168 valence electrons. The van der Waals surface area contributed by atoms with Gasteiger partial charge in [-0.3, -0.25) is 0 Å². The number of hydrogen-bond acceptors (Lipinski definition) is 5. The summed E-state index contributed by atoms with van der Waals surface area (Å²) in [5.74, 6) is 1.65. The van der Waals surface area contributed by atoms with Gasteiger partial charge in [-0.1, -0.05) is 13.0 Å². The van der Waals surface area contributed by atoms with E-state index in [2.05, 4.69) is 29.0 Å². The van der Waals surface area contributed by atoms with Crippen molar-refractivity contribution in [3.05, 3.63) is 23.9 Å². The summed E-state index contributed by atoms with van der Waals surface area (Å²) in [7, 11) is 0. The number of aromatic nitrogens is 1. The third-order valence-corrected chi connectivity index (χ3v) is 5.56. The molecule has 1 N–H and O–H groups in total. The van der Waals surface area contributed by atoms with Crippen LogP contribution < -0.4 is 10.1 Å². The number of nitrogens with zero attached hydrogens (tertiary/aromatic N) is 3. The van der Waals surface area contributed by atoms with E-state index < -0.39 is 0 Å². The van der Waals surface area contributed by atoms with E-state index in [1.807, 2.05) is 12.1 Å². The molecule has 7 heteroatoms. The summed E-state index contributed by atoms with van der Waals surface area (Å²) in [6, 6.07) is 3.98. The first-order chi connectivity index (χ1) is 14.8. The molecule has 2 fully saturated rings. The molecule has 1 aromatic rings. The maximum atomic E-state index is 6.16. The number of rotatable bonds is 9. The number of likely N-dealkylation sites (tertiary alicyclic amines) is 1. The van der Waals surface area contributed by atoms with Crippen molar-refractivity contribution in [2.45, 2.75) is 71.1 Å². The smallest absolute Gasteiger partial charge is 0.218 e. The van der Waals surface area contributed by atoms with Gasteiger partial charge in [0.1, 0.15) is 0 Å². The lowest BCUT2D eigenvalue weighted by Crippen LogP contribution is -2.47. The number of ether oxygens (including phenoxy) is 3. The maximum absolute atomic E-state index is 6.16. The first-order valence-electron chi connectivity index (χ1n) is 11.6. The highest BCUT2D eigenvalue weighted by Gasteiger charge is 2.24. The summed E-state index contributed by atoms with van der Waals surface area (Å²) in [6.07, 6.45) is 8.97. The fraction of sp³-hybridized carbons (Fsp3) is 0.739. The minimum atomic E-state index is 0.291. The third kappa shape index (κ3) is 7.13. The van der Waals surface area contributed by atoms with Gasteiger partial charge in [0.25, 0.3) is 0 Å². The number of guanidine groups is 1. The van der Waals surface area contributed by atoms with Gasteiger partial charge < -0.3 is 24.4 Å². The Kier molecular flexibility index (Phi) is 9.70. The van der Waals surface area contributed by atoms with Crippen LogP contribution in [0.3, 0.4) is 0 Å². The molecule has 1 unspecified atom stereocenters. The Bertz CT molecular complexity index is 641. The van der Waals surface area contributed by atoms with E-state index in [1.165, 1.54) is 12.8 Å². The zero-order valence-electron chi connectivity index (χ0n) is 18.6. The van der Waals surface area contributed by atoms with Crippen LogP contribution >= 0.6 is 0 Å². The van der Waals surface area contributed by atoms with Gasteiger partial charge in [-0.15, -0.1) is 0 Å². The Morgan fingerprint density at radius 3 is 2.87 bits per heavy atom. The lowest BCUT2D eigenvalue weighted by atomic mass is 10.1. The molecule has 0 radical (unpaired) electrons. The van der Waals surface area contributed by atoms with E-state index in [4.69, 9.17) is 19.2 Å². The molecule has 30 heavy (non-hydrogen) atoms. The molecule has 0 saturated carbocycles. The topological polar surface area (TPSA) is 68.2 Å². The Balaban J connectivity index is 1.50. The van der Waals surface area contributed by atoms with Gasteiger partial charge in [-0.2, -0.15) is 0 Å². The predicted octanol–water partition coefficient (Wildman–Crippen LogP) is 3.39. The fourth-order valence-electron chi connectivity index (χ4n) is 3.88. The van der Waals surface area contributed by atoms with E-state index in [9.17, 15) is 0 Å². The van der Waals surface area contributed by atoms with Crippen LogP contribution in [0.4, 0.5) is 0 Å². The fourth-order valence-corrected chi connectivity index (χ4v) is 3.88. The van der Waals surface area contributed by atoms with Crippen LogP contribution in [0.25, 0.3) is 0 Å². The van der Waals surface area contributed by atoms with Crippen molar-refractivity contribution in [3.63, 3.8) is 0 Å². The van der Waals surface area contributed by atoms with Crippen LogP contribution in [-0.2, 0) is 16.0 Å². The predicted molar refractivity (Wildman–Crippen MR) is 119 cm³/mol. The maximum Gasteiger partial charge on any atom is 0.218 e. The zero-order valence-corrected chi connectivity index (χ0v) is 18.6. The molecule has 1 atom stereocenters. The van der Waals surface area contributed by atoms with Crippen LogP contribution in [-0.4, -0.2) is 67.5 Å². The van der Waals surface area contributed by atoms with Gasteiger partial charge in [0.05, 0.1) is 32.0 Å². The quantitative estimate of drug-likeness (QED) is 0.490. The van der Waals surface area contributed by atoms with Gasteiger partial charge in [0, 0.05) is 38.0 Å². The van der Waals surface area contributed by atoms with Crippen LogP contribution in [0.2, 0.25) is 0 Å². The average Bonchev–Trinajstić information content (AvgIpc) is 2.80. The number of pyridine rings is 1. The highest BCUT2D eigenvalue weighted by atomic mass is 16.5.